The van der Waals surface area contributed by atoms with Crippen LogP contribution in [0.5, 0.6) is 11.5 Å². The average molecular weight is 188 g/mol. The Bertz CT molecular complexity index is 223. The fraction of sp³-hybridized carbons (Fsp3) is 0.143. The average Bonchev–Trinajstić information content (AvgIpc) is 2.15. The van der Waals surface area contributed by atoms with Crippen LogP contribution < -0.4 is 9.62 Å². The smallest absolute Gasteiger partial charge is 0.169 e. The van der Waals surface area contributed by atoms with Crippen molar-refractivity contribution in [2.45, 2.75) is 0 Å². The van der Waals surface area contributed by atoms with E-state index in [1.807, 2.05) is 0 Å². The van der Waals surface area contributed by atoms with Crippen LogP contribution in [0, 0.1) is 0 Å². The second-order valence-electron chi connectivity index (χ2n) is 1.90. The van der Waals surface area contributed by atoms with Crippen molar-refractivity contribution in [3.63, 3.8) is 0 Å². The number of hydrogen-bond acceptors (Lipinski definition) is 5. The zero-order chi connectivity index (χ0) is 8.81. The number of methoxy groups -OCH3 is 1. The van der Waals surface area contributed by atoms with Gasteiger partial charge in [-0.05, 0) is 29.3 Å². The van der Waals surface area contributed by atoms with Gasteiger partial charge >= 0.3 is 0 Å². The molecule has 4 nitrogen and oxygen atoms in total. The molecule has 0 amide bonds. The van der Waals surface area contributed by atoms with Crippen LogP contribution in [0.3, 0.4) is 0 Å². The predicted molar refractivity (Wildman–Crippen MR) is 44.8 cm³/mol. The molecule has 0 aliphatic rings. The molecule has 0 aliphatic heterocycles. The molecule has 0 aliphatic carbocycles. The molecular formula is C7H8O4S. The highest BCUT2D eigenvalue weighted by atomic mass is 32.1. The van der Waals surface area contributed by atoms with Gasteiger partial charge in [-0.3, -0.25) is 0 Å². The van der Waals surface area contributed by atoms with E-state index < -0.39 is 0 Å². The van der Waals surface area contributed by atoms with E-state index in [2.05, 4.69) is 27.2 Å². The van der Waals surface area contributed by atoms with Gasteiger partial charge in [0, 0.05) is 12.9 Å². The Morgan fingerprint density at radius 3 is 2.17 bits per heavy atom. The van der Waals surface area contributed by atoms with Crippen molar-refractivity contribution in [2.75, 3.05) is 7.11 Å². The van der Waals surface area contributed by atoms with Gasteiger partial charge in [-0.1, -0.05) is 0 Å². The summed E-state index contributed by atoms with van der Waals surface area (Å²) < 4.78 is 8.87. The lowest BCUT2D eigenvalue weighted by atomic mass is 10.3. The minimum atomic E-state index is 0.504. The number of rotatable bonds is 4. The maximum Gasteiger partial charge on any atom is 0.169 e. The van der Waals surface area contributed by atoms with Crippen LogP contribution >= 0.6 is 12.9 Å². The van der Waals surface area contributed by atoms with Gasteiger partial charge in [0.1, 0.15) is 5.75 Å². The first-order valence-electron chi connectivity index (χ1n) is 3.15. The van der Waals surface area contributed by atoms with Crippen molar-refractivity contribution < 1.29 is 19.0 Å². The summed E-state index contributed by atoms with van der Waals surface area (Å²) in [7, 11) is 1.59. The molecule has 0 saturated carbocycles. The molecule has 1 aromatic rings. The van der Waals surface area contributed by atoms with Crippen molar-refractivity contribution in [3.8, 4) is 11.5 Å². The first-order valence-corrected chi connectivity index (χ1v) is 3.52. The minimum absolute atomic E-state index is 0.504. The van der Waals surface area contributed by atoms with Crippen molar-refractivity contribution in [3.05, 3.63) is 24.3 Å². The van der Waals surface area contributed by atoms with Crippen LogP contribution in [0.25, 0.3) is 0 Å². The Kier molecular flexibility index (Phi) is 3.72. The first kappa shape index (κ1) is 9.18. The highest BCUT2D eigenvalue weighted by Crippen LogP contribution is 2.17. The van der Waals surface area contributed by atoms with E-state index in [0.717, 1.165) is 5.75 Å². The predicted octanol–water partition coefficient (Wildman–Crippen LogP) is 1.78. The second-order valence-corrected chi connectivity index (χ2v) is 2.05. The second kappa shape index (κ2) is 4.87. The van der Waals surface area contributed by atoms with Gasteiger partial charge in [0.15, 0.2) is 5.75 Å². The van der Waals surface area contributed by atoms with Crippen LogP contribution in [0.1, 0.15) is 0 Å². The summed E-state index contributed by atoms with van der Waals surface area (Å²) in [4.78, 5) is 4.60. The summed E-state index contributed by atoms with van der Waals surface area (Å²) in [5.74, 6) is 1.25. The zero-order valence-corrected chi connectivity index (χ0v) is 7.28. The maximum atomic E-state index is 4.93. The molecule has 12 heavy (non-hydrogen) atoms. The Morgan fingerprint density at radius 2 is 1.67 bits per heavy atom. The molecule has 1 rings (SSSR count). The maximum absolute atomic E-state index is 4.93. The van der Waals surface area contributed by atoms with E-state index in [4.69, 9.17) is 4.74 Å². The SMILES string of the molecule is COc1ccc(OOOS)cc1. The Morgan fingerprint density at radius 1 is 1.08 bits per heavy atom. The van der Waals surface area contributed by atoms with Gasteiger partial charge in [0.05, 0.1) is 7.11 Å². The Hall–Kier alpha value is -0.910. The Labute approximate surface area is 75.5 Å². The fourth-order valence-corrected chi connectivity index (χ4v) is 0.716. The summed E-state index contributed by atoms with van der Waals surface area (Å²) in [6.45, 7) is 0. The van der Waals surface area contributed by atoms with E-state index in [9.17, 15) is 0 Å². The summed E-state index contributed by atoms with van der Waals surface area (Å²) in [6, 6.07) is 6.81. The van der Waals surface area contributed by atoms with Crippen molar-refractivity contribution in [2.24, 2.45) is 0 Å². The number of benzene rings is 1. The van der Waals surface area contributed by atoms with Gasteiger partial charge in [-0.15, -0.1) is 4.33 Å². The van der Waals surface area contributed by atoms with Crippen molar-refractivity contribution in [1.82, 2.24) is 0 Å². The third-order valence-electron chi connectivity index (χ3n) is 1.22. The standard InChI is InChI=1S/C7H8O4S/c1-8-6-2-4-7(5-3-6)9-10-11-12/h2-5,12H,1H3. The lowest BCUT2D eigenvalue weighted by Crippen LogP contribution is -1.92. The molecule has 0 unspecified atom stereocenters. The molecule has 0 saturated heterocycles. The van der Waals surface area contributed by atoms with E-state index >= 15 is 0 Å². The molecule has 0 heterocycles. The molecule has 5 heteroatoms. The molecule has 0 N–H and O–H groups in total. The summed E-state index contributed by atoms with van der Waals surface area (Å²) in [5.41, 5.74) is 0. The summed E-state index contributed by atoms with van der Waals surface area (Å²) in [6.07, 6.45) is 0. The molecule has 0 fully saturated rings. The first-order chi connectivity index (χ1) is 5.86. The van der Waals surface area contributed by atoms with Crippen LogP contribution in [0.15, 0.2) is 24.3 Å². The van der Waals surface area contributed by atoms with E-state index in [1.54, 1.807) is 31.4 Å². The third kappa shape index (κ3) is 2.61. The minimum Gasteiger partial charge on any atom is -0.497 e. The van der Waals surface area contributed by atoms with Crippen LogP contribution in [0.4, 0.5) is 0 Å². The van der Waals surface area contributed by atoms with Gasteiger partial charge in [0.25, 0.3) is 0 Å². The molecule has 0 atom stereocenters. The van der Waals surface area contributed by atoms with Crippen molar-refractivity contribution >= 4 is 12.9 Å². The van der Waals surface area contributed by atoms with Crippen molar-refractivity contribution in [1.29, 1.82) is 0 Å². The van der Waals surface area contributed by atoms with Gasteiger partial charge < -0.3 is 9.62 Å². The molecular weight excluding hydrogens is 180 g/mol. The largest absolute Gasteiger partial charge is 0.497 e. The monoisotopic (exact) mass is 188 g/mol. The highest BCUT2D eigenvalue weighted by molar-refractivity contribution is 7.74. The number of ether oxygens (including phenoxy) is 1. The summed E-state index contributed by atoms with van der Waals surface area (Å²) >= 11 is 3.32. The van der Waals surface area contributed by atoms with Gasteiger partial charge in [0.2, 0.25) is 0 Å². The lowest BCUT2D eigenvalue weighted by Gasteiger charge is -2.01. The van der Waals surface area contributed by atoms with E-state index in [0.29, 0.717) is 5.75 Å². The number of hydrogen-bond donors (Lipinski definition) is 1. The van der Waals surface area contributed by atoms with Crippen LogP contribution in [0.2, 0.25) is 0 Å². The number of thiol groups is 1. The summed E-state index contributed by atoms with van der Waals surface area (Å²) in [5, 5.41) is 4.12. The quantitative estimate of drug-likeness (QED) is 0.338. The van der Waals surface area contributed by atoms with Gasteiger partial charge in [-0.25, -0.2) is 0 Å². The zero-order valence-electron chi connectivity index (χ0n) is 6.39. The lowest BCUT2D eigenvalue weighted by molar-refractivity contribution is -0.402. The normalized spacial score (nSPS) is 9.50. The Balaban J connectivity index is 2.53. The molecule has 0 radical (unpaired) electrons. The van der Waals surface area contributed by atoms with Crippen LogP contribution in [-0.2, 0) is 9.37 Å². The highest BCUT2D eigenvalue weighted by Gasteiger charge is 1.94. The molecule has 1 aromatic carbocycles. The van der Waals surface area contributed by atoms with E-state index in [-0.39, 0.29) is 0 Å². The van der Waals surface area contributed by atoms with Crippen LogP contribution in [-0.4, -0.2) is 7.11 Å². The molecule has 66 valence electrons. The molecule has 0 aromatic heterocycles. The topological polar surface area (TPSA) is 36.9 Å². The molecule has 0 bridgehead atoms. The van der Waals surface area contributed by atoms with E-state index in [1.165, 1.54) is 0 Å². The van der Waals surface area contributed by atoms with Gasteiger partial charge in [-0.2, -0.15) is 0 Å². The molecule has 0 spiro atoms. The fourth-order valence-electron chi connectivity index (χ4n) is 0.686. The third-order valence-corrected chi connectivity index (χ3v) is 1.28.